The average Bonchev–Trinajstić information content (AvgIpc) is 2.74. The third kappa shape index (κ3) is 2.44. The van der Waals surface area contributed by atoms with E-state index in [4.69, 9.17) is 0 Å². The predicted octanol–water partition coefficient (Wildman–Crippen LogP) is 2.83. The van der Waals surface area contributed by atoms with Crippen molar-refractivity contribution in [1.82, 2.24) is 9.78 Å². The Morgan fingerprint density at radius 1 is 1.44 bits per heavy atom. The minimum absolute atomic E-state index is 0.0475. The fourth-order valence-electron chi connectivity index (χ4n) is 2.63. The maximum atomic E-state index is 9.35. The van der Waals surface area contributed by atoms with Crippen molar-refractivity contribution in [3.05, 3.63) is 18.0 Å². The van der Waals surface area contributed by atoms with Crippen molar-refractivity contribution in [3.63, 3.8) is 0 Å². The van der Waals surface area contributed by atoms with E-state index in [1.165, 1.54) is 24.8 Å². The molecule has 0 unspecified atom stereocenters. The van der Waals surface area contributed by atoms with Gasteiger partial charge in [0, 0.05) is 13.2 Å². The van der Waals surface area contributed by atoms with Gasteiger partial charge >= 0.3 is 0 Å². The van der Waals surface area contributed by atoms with Gasteiger partial charge in [-0.25, -0.2) is 0 Å². The lowest BCUT2D eigenvalue weighted by Crippen LogP contribution is -2.22. The zero-order valence-electron chi connectivity index (χ0n) is 9.95. The zero-order valence-corrected chi connectivity index (χ0v) is 9.95. The summed E-state index contributed by atoms with van der Waals surface area (Å²) in [7, 11) is 1.93. The van der Waals surface area contributed by atoms with Gasteiger partial charge in [-0.2, -0.15) is 10.4 Å². The highest BCUT2D eigenvalue weighted by Crippen LogP contribution is 2.39. The van der Waals surface area contributed by atoms with E-state index in [0.717, 1.165) is 25.7 Å². The number of aryl methyl sites for hydroxylation is 2. The largest absolute Gasteiger partial charge is 0.276 e. The Morgan fingerprint density at radius 3 is 2.75 bits per heavy atom. The van der Waals surface area contributed by atoms with Gasteiger partial charge in [-0.15, -0.1) is 0 Å². The normalized spacial score (nSPS) is 19.2. The van der Waals surface area contributed by atoms with Gasteiger partial charge in [-0.3, -0.25) is 4.68 Å². The van der Waals surface area contributed by atoms with Crippen LogP contribution in [0, 0.1) is 16.7 Å². The first-order chi connectivity index (χ1) is 7.74. The van der Waals surface area contributed by atoms with Crippen LogP contribution in [0.4, 0.5) is 0 Å². The van der Waals surface area contributed by atoms with E-state index < -0.39 is 0 Å². The molecule has 0 atom stereocenters. The van der Waals surface area contributed by atoms with Crippen molar-refractivity contribution in [2.75, 3.05) is 0 Å². The molecule has 0 bridgehead atoms. The van der Waals surface area contributed by atoms with Crippen molar-refractivity contribution in [2.45, 2.75) is 44.9 Å². The Bertz CT molecular complexity index is 380. The van der Waals surface area contributed by atoms with Crippen molar-refractivity contribution in [2.24, 2.45) is 12.5 Å². The van der Waals surface area contributed by atoms with Crippen LogP contribution in [0.5, 0.6) is 0 Å². The summed E-state index contributed by atoms with van der Waals surface area (Å²) in [5.41, 5.74) is 1.20. The highest BCUT2D eigenvalue weighted by Gasteiger charge is 2.31. The number of nitrogens with zero attached hydrogens (tertiary/aromatic N) is 3. The molecule has 1 fully saturated rings. The molecule has 0 aromatic carbocycles. The van der Waals surface area contributed by atoms with Crippen LogP contribution in [0.3, 0.4) is 0 Å². The summed E-state index contributed by atoms with van der Waals surface area (Å²) in [5, 5.41) is 13.5. The SMILES string of the molecule is Cn1cc(CCC2(C#N)CCCCC2)cn1. The molecular formula is C13H19N3. The van der Waals surface area contributed by atoms with Crippen LogP contribution < -0.4 is 0 Å². The maximum Gasteiger partial charge on any atom is 0.0689 e. The number of hydrogen-bond donors (Lipinski definition) is 0. The average molecular weight is 217 g/mol. The van der Waals surface area contributed by atoms with Crippen LogP contribution in [0.2, 0.25) is 0 Å². The van der Waals surface area contributed by atoms with Gasteiger partial charge in [0.2, 0.25) is 0 Å². The standard InChI is InChI=1S/C13H19N3/c1-16-10-12(9-15-16)5-8-13(11-14)6-3-2-4-7-13/h9-10H,2-8H2,1H3. The van der Waals surface area contributed by atoms with Crippen molar-refractivity contribution >= 4 is 0 Å². The smallest absolute Gasteiger partial charge is 0.0689 e. The molecule has 2 rings (SSSR count). The Labute approximate surface area is 97.1 Å². The zero-order chi connectivity index (χ0) is 11.4. The molecule has 3 heteroatoms. The third-order valence-electron chi connectivity index (χ3n) is 3.70. The molecular weight excluding hydrogens is 198 g/mol. The summed E-state index contributed by atoms with van der Waals surface area (Å²) < 4.78 is 1.83. The monoisotopic (exact) mass is 217 g/mol. The molecule has 0 radical (unpaired) electrons. The first kappa shape index (κ1) is 11.2. The van der Waals surface area contributed by atoms with Gasteiger partial charge < -0.3 is 0 Å². The summed E-state index contributed by atoms with van der Waals surface area (Å²) >= 11 is 0. The first-order valence-electron chi connectivity index (χ1n) is 6.13. The lowest BCUT2D eigenvalue weighted by Gasteiger charge is -2.30. The van der Waals surface area contributed by atoms with Gasteiger partial charge in [0.25, 0.3) is 0 Å². The molecule has 3 nitrogen and oxygen atoms in total. The van der Waals surface area contributed by atoms with Gasteiger partial charge in [-0.1, -0.05) is 19.3 Å². The molecule has 1 aromatic heterocycles. The maximum absolute atomic E-state index is 9.35. The van der Waals surface area contributed by atoms with Crippen molar-refractivity contribution in [1.29, 1.82) is 5.26 Å². The highest BCUT2D eigenvalue weighted by atomic mass is 15.2. The van der Waals surface area contributed by atoms with E-state index in [1.54, 1.807) is 0 Å². The van der Waals surface area contributed by atoms with Crippen LogP contribution >= 0.6 is 0 Å². The Kier molecular flexibility index (Phi) is 3.28. The molecule has 1 heterocycles. The molecule has 0 spiro atoms. The molecule has 1 aliphatic carbocycles. The lowest BCUT2D eigenvalue weighted by molar-refractivity contribution is 0.249. The predicted molar refractivity (Wildman–Crippen MR) is 62.7 cm³/mol. The van der Waals surface area contributed by atoms with E-state index in [1.807, 2.05) is 24.1 Å². The van der Waals surface area contributed by atoms with Crippen LogP contribution in [0.25, 0.3) is 0 Å². The van der Waals surface area contributed by atoms with Crippen LogP contribution in [-0.2, 0) is 13.5 Å². The van der Waals surface area contributed by atoms with Crippen LogP contribution in [0.15, 0.2) is 12.4 Å². The Hall–Kier alpha value is -1.30. The summed E-state index contributed by atoms with van der Waals surface area (Å²) in [6.07, 6.45) is 11.9. The number of rotatable bonds is 3. The molecule has 1 aliphatic rings. The molecule has 0 saturated heterocycles. The summed E-state index contributed by atoms with van der Waals surface area (Å²) in [6, 6.07) is 2.57. The van der Waals surface area contributed by atoms with Gasteiger partial charge in [0.1, 0.15) is 0 Å². The quantitative estimate of drug-likeness (QED) is 0.781. The molecule has 0 aliphatic heterocycles. The minimum Gasteiger partial charge on any atom is -0.276 e. The molecule has 86 valence electrons. The van der Waals surface area contributed by atoms with E-state index in [9.17, 15) is 5.26 Å². The molecule has 1 aromatic rings. The second-order valence-corrected chi connectivity index (χ2v) is 4.98. The van der Waals surface area contributed by atoms with Crippen molar-refractivity contribution in [3.8, 4) is 6.07 Å². The highest BCUT2D eigenvalue weighted by molar-refractivity contribution is 5.08. The molecule has 1 saturated carbocycles. The Morgan fingerprint density at radius 2 is 2.19 bits per heavy atom. The van der Waals surface area contributed by atoms with Crippen LogP contribution in [0.1, 0.15) is 44.1 Å². The van der Waals surface area contributed by atoms with Crippen molar-refractivity contribution < 1.29 is 0 Å². The van der Waals surface area contributed by atoms with E-state index in [2.05, 4.69) is 11.2 Å². The van der Waals surface area contributed by atoms with Crippen LogP contribution in [-0.4, -0.2) is 9.78 Å². The van der Waals surface area contributed by atoms with Gasteiger partial charge in [-0.05, 0) is 31.2 Å². The summed E-state index contributed by atoms with van der Waals surface area (Å²) in [6.45, 7) is 0. The Balaban J connectivity index is 1.95. The first-order valence-corrected chi connectivity index (χ1v) is 6.13. The topological polar surface area (TPSA) is 41.6 Å². The lowest BCUT2D eigenvalue weighted by atomic mass is 9.72. The number of hydrogen-bond acceptors (Lipinski definition) is 2. The van der Waals surface area contributed by atoms with E-state index in [-0.39, 0.29) is 5.41 Å². The fraction of sp³-hybridized carbons (Fsp3) is 0.692. The molecule has 16 heavy (non-hydrogen) atoms. The fourth-order valence-corrected chi connectivity index (χ4v) is 2.63. The summed E-state index contributed by atoms with van der Waals surface area (Å²) in [4.78, 5) is 0. The van der Waals surface area contributed by atoms with Gasteiger partial charge in [0.15, 0.2) is 0 Å². The third-order valence-corrected chi connectivity index (χ3v) is 3.70. The number of nitriles is 1. The summed E-state index contributed by atoms with van der Waals surface area (Å²) in [5.74, 6) is 0. The molecule has 0 amide bonds. The van der Waals surface area contributed by atoms with E-state index in [0.29, 0.717) is 0 Å². The second kappa shape index (κ2) is 4.69. The number of aromatic nitrogens is 2. The minimum atomic E-state index is -0.0475. The van der Waals surface area contributed by atoms with E-state index >= 15 is 0 Å². The second-order valence-electron chi connectivity index (χ2n) is 4.98. The molecule has 0 N–H and O–H groups in total. The van der Waals surface area contributed by atoms with Gasteiger partial charge in [0.05, 0.1) is 17.7 Å².